The molecule has 3 aromatic carbocycles. The van der Waals surface area contributed by atoms with Gasteiger partial charge in [-0.3, -0.25) is 25.7 Å². The number of nitro groups is 2. The smallest absolute Gasteiger partial charge is 0.301 e. The van der Waals surface area contributed by atoms with Crippen molar-refractivity contribution in [2.24, 2.45) is 5.10 Å². The first-order valence-electron chi connectivity index (χ1n) is 9.07. The maximum atomic E-state index is 11.4. The number of anilines is 2. The third kappa shape index (κ3) is 4.96. The van der Waals surface area contributed by atoms with Gasteiger partial charge in [0, 0.05) is 42.0 Å². The summed E-state index contributed by atoms with van der Waals surface area (Å²) in [4.78, 5) is 22.9. The van der Waals surface area contributed by atoms with Crippen LogP contribution >= 0.6 is 11.6 Å². The second-order valence-electron chi connectivity index (χ2n) is 6.71. The molecule has 0 spiro atoms. The molecular weight excluding hydrogens is 422 g/mol. The van der Waals surface area contributed by atoms with Crippen molar-refractivity contribution in [3.05, 3.63) is 103 Å². The number of benzene rings is 3. The highest BCUT2D eigenvalue weighted by molar-refractivity contribution is 6.31. The molecule has 10 heteroatoms. The molecule has 1 N–H and O–H groups in total. The fourth-order valence-corrected chi connectivity index (χ4v) is 3.13. The van der Waals surface area contributed by atoms with Crippen molar-refractivity contribution in [3.8, 4) is 0 Å². The lowest BCUT2D eigenvalue weighted by molar-refractivity contribution is -0.393. The molecule has 9 nitrogen and oxygen atoms in total. The Kier molecular flexibility index (Phi) is 6.46. The van der Waals surface area contributed by atoms with Gasteiger partial charge in [0.2, 0.25) is 0 Å². The SMILES string of the molecule is CN(C)c1ccc(Cl)cc1/C(=N/Nc1ccc([N+](=O)[O-])cc1[N+](=O)[O-])c1ccccc1. The molecule has 3 aromatic rings. The number of nitro benzene ring substituents is 2. The van der Waals surface area contributed by atoms with Gasteiger partial charge in [0.05, 0.1) is 21.6 Å². The summed E-state index contributed by atoms with van der Waals surface area (Å²) < 4.78 is 0. The van der Waals surface area contributed by atoms with Gasteiger partial charge >= 0.3 is 5.69 Å². The Bertz CT molecular complexity index is 1170. The van der Waals surface area contributed by atoms with E-state index in [4.69, 9.17) is 11.6 Å². The van der Waals surface area contributed by atoms with Crippen molar-refractivity contribution in [3.63, 3.8) is 0 Å². The highest BCUT2D eigenvalue weighted by atomic mass is 35.5. The van der Waals surface area contributed by atoms with Gasteiger partial charge in [0.15, 0.2) is 0 Å². The molecule has 0 aliphatic rings. The molecule has 0 atom stereocenters. The average molecular weight is 440 g/mol. The zero-order valence-corrected chi connectivity index (χ0v) is 17.4. The van der Waals surface area contributed by atoms with Gasteiger partial charge in [-0.1, -0.05) is 41.9 Å². The molecule has 0 amide bonds. The minimum atomic E-state index is -0.697. The van der Waals surface area contributed by atoms with Gasteiger partial charge in [-0.25, -0.2) is 0 Å². The molecule has 0 aliphatic carbocycles. The fraction of sp³-hybridized carbons (Fsp3) is 0.0952. The van der Waals surface area contributed by atoms with Crippen LogP contribution in [-0.2, 0) is 0 Å². The highest BCUT2D eigenvalue weighted by Gasteiger charge is 2.20. The Morgan fingerprint density at radius 3 is 2.29 bits per heavy atom. The topological polar surface area (TPSA) is 114 Å². The summed E-state index contributed by atoms with van der Waals surface area (Å²) in [5.41, 5.74) is 4.70. The number of halogens is 1. The zero-order valence-electron chi connectivity index (χ0n) is 16.7. The number of hydrogen-bond acceptors (Lipinski definition) is 7. The molecule has 158 valence electrons. The van der Waals surface area contributed by atoms with E-state index in [0.717, 1.165) is 17.3 Å². The standard InChI is InChI=1S/C21H18ClN5O4/c1-25(2)19-11-8-15(22)12-17(19)21(14-6-4-3-5-7-14)24-23-18-10-9-16(26(28)29)13-20(18)27(30)31/h3-13,23H,1-2H3/b24-21+. The van der Waals surface area contributed by atoms with E-state index in [1.54, 1.807) is 12.1 Å². The predicted octanol–water partition coefficient (Wildman–Crippen LogP) is 5.09. The van der Waals surface area contributed by atoms with Crippen molar-refractivity contribution >= 4 is 40.1 Å². The summed E-state index contributed by atoms with van der Waals surface area (Å²) >= 11 is 6.24. The van der Waals surface area contributed by atoms with Gasteiger partial charge in [0.1, 0.15) is 5.69 Å². The van der Waals surface area contributed by atoms with Crippen molar-refractivity contribution in [2.45, 2.75) is 0 Å². The van der Waals surface area contributed by atoms with Crippen LogP contribution in [0.5, 0.6) is 0 Å². The van der Waals surface area contributed by atoms with E-state index in [0.29, 0.717) is 16.3 Å². The number of nitrogens with one attached hydrogen (secondary N) is 1. The molecule has 0 fully saturated rings. The quantitative estimate of drug-likeness (QED) is 0.311. The fourth-order valence-electron chi connectivity index (χ4n) is 2.96. The van der Waals surface area contributed by atoms with Gasteiger partial charge in [-0.2, -0.15) is 5.10 Å². The largest absolute Gasteiger partial charge is 0.377 e. The molecule has 0 aromatic heterocycles. The van der Waals surface area contributed by atoms with Crippen molar-refractivity contribution in [1.82, 2.24) is 0 Å². The summed E-state index contributed by atoms with van der Waals surface area (Å²) in [6.07, 6.45) is 0. The summed E-state index contributed by atoms with van der Waals surface area (Å²) in [6, 6.07) is 18.0. The van der Waals surface area contributed by atoms with E-state index in [1.165, 1.54) is 12.1 Å². The van der Waals surface area contributed by atoms with Crippen LogP contribution in [0.2, 0.25) is 5.02 Å². The molecule has 0 aliphatic heterocycles. The van der Waals surface area contributed by atoms with Gasteiger partial charge < -0.3 is 4.90 Å². The van der Waals surface area contributed by atoms with Crippen molar-refractivity contribution in [2.75, 3.05) is 24.4 Å². The number of hydrazone groups is 1. The molecule has 31 heavy (non-hydrogen) atoms. The number of rotatable bonds is 7. The molecule has 0 unspecified atom stereocenters. The Morgan fingerprint density at radius 2 is 1.68 bits per heavy atom. The second kappa shape index (κ2) is 9.23. The summed E-state index contributed by atoms with van der Waals surface area (Å²) in [6.45, 7) is 0. The van der Waals surface area contributed by atoms with Crippen molar-refractivity contribution in [1.29, 1.82) is 0 Å². The van der Waals surface area contributed by atoms with Crippen LogP contribution in [0.3, 0.4) is 0 Å². The molecule has 3 rings (SSSR count). The van der Waals surface area contributed by atoms with Crippen LogP contribution in [0.4, 0.5) is 22.7 Å². The van der Waals surface area contributed by atoms with Crippen LogP contribution in [-0.4, -0.2) is 29.7 Å². The predicted molar refractivity (Wildman–Crippen MR) is 121 cm³/mol. The van der Waals surface area contributed by atoms with E-state index in [2.05, 4.69) is 10.5 Å². The Balaban J connectivity index is 2.15. The van der Waals surface area contributed by atoms with Crippen LogP contribution in [0.15, 0.2) is 71.8 Å². The van der Waals surface area contributed by atoms with Crippen LogP contribution in [0.1, 0.15) is 11.1 Å². The third-order valence-electron chi connectivity index (χ3n) is 4.42. The summed E-state index contributed by atoms with van der Waals surface area (Å²) in [7, 11) is 3.76. The van der Waals surface area contributed by atoms with E-state index < -0.39 is 15.5 Å². The molecule has 0 saturated heterocycles. The normalized spacial score (nSPS) is 11.1. The minimum Gasteiger partial charge on any atom is -0.377 e. The first kappa shape index (κ1) is 21.7. The first-order valence-corrected chi connectivity index (χ1v) is 9.45. The summed E-state index contributed by atoms with van der Waals surface area (Å²) in [5, 5.41) is 27.4. The molecular formula is C21H18ClN5O4. The Hall–Kier alpha value is -3.98. The lowest BCUT2D eigenvalue weighted by Gasteiger charge is -2.19. The monoisotopic (exact) mass is 439 g/mol. The van der Waals surface area contributed by atoms with E-state index in [-0.39, 0.29) is 11.4 Å². The second-order valence-corrected chi connectivity index (χ2v) is 7.15. The number of hydrogen-bond donors (Lipinski definition) is 1. The van der Waals surface area contributed by atoms with Crippen LogP contribution < -0.4 is 10.3 Å². The number of non-ortho nitro benzene ring substituents is 1. The summed E-state index contributed by atoms with van der Waals surface area (Å²) in [5.74, 6) is 0. The molecule has 0 radical (unpaired) electrons. The first-order chi connectivity index (χ1) is 14.8. The van der Waals surface area contributed by atoms with Gasteiger partial charge in [-0.15, -0.1) is 0 Å². The van der Waals surface area contributed by atoms with Gasteiger partial charge in [-0.05, 0) is 24.3 Å². The lowest BCUT2D eigenvalue weighted by Crippen LogP contribution is -2.16. The number of nitrogens with zero attached hydrogens (tertiary/aromatic N) is 4. The Morgan fingerprint density at radius 1 is 0.968 bits per heavy atom. The highest BCUT2D eigenvalue weighted by Crippen LogP contribution is 2.30. The molecule has 0 saturated carbocycles. The van der Waals surface area contributed by atoms with E-state index >= 15 is 0 Å². The van der Waals surface area contributed by atoms with Crippen LogP contribution in [0, 0.1) is 20.2 Å². The molecule has 0 heterocycles. The maximum Gasteiger partial charge on any atom is 0.301 e. The molecule has 0 bridgehead atoms. The lowest BCUT2D eigenvalue weighted by atomic mass is 10.0. The minimum absolute atomic E-state index is 0.0254. The average Bonchev–Trinajstić information content (AvgIpc) is 2.74. The van der Waals surface area contributed by atoms with E-state index in [9.17, 15) is 20.2 Å². The zero-order chi connectivity index (χ0) is 22.5. The maximum absolute atomic E-state index is 11.4. The van der Waals surface area contributed by atoms with Gasteiger partial charge in [0.25, 0.3) is 5.69 Å². The Labute approximate surface area is 182 Å². The van der Waals surface area contributed by atoms with E-state index in [1.807, 2.05) is 55.4 Å². The van der Waals surface area contributed by atoms with Crippen molar-refractivity contribution < 1.29 is 9.85 Å². The third-order valence-corrected chi connectivity index (χ3v) is 4.65. The van der Waals surface area contributed by atoms with Crippen LogP contribution in [0.25, 0.3) is 0 Å².